The summed E-state index contributed by atoms with van der Waals surface area (Å²) in [6.07, 6.45) is 1.57. The van der Waals surface area contributed by atoms with Gasteiger partial charge in [0.15, 0.2) is 5.76 Å². The van der Waals surface area contributed by atoms with Gasteiger partial charge in [-0.15, -0.1) is 0 Å². The van der Waals surface area contributed by atoms with Gasteiger partial charge in [-0.1, -0.05) is 35.5 Å². The number of amides is 1. The predicted octanol–water partition coefficient (Wildman–Crippen LogP) is 3.62. The van der Waals surface area contributed by atoms with Crippen LogP contribution in [0.15, 0.2) is 63.7 Å². The Bertz CT molecular complexity index is 1110. The van der Waals surface area contributed by atoms with Gasteiger partial charge >= 0.3 is 0 Å². The zero-order valence-corrected chi connectivity index (χ0v) is 15.0. The van der Waals surface area contributed by atoms with Gasteiger partial charge in [-0.2, -0.15) is 0 Å². The van der Waals surface area contributed by atoms with E-state index in [-0.39, 0.29) is 5.91 Å². The summed E-state index contributed by atoms with van der Waals surface area (Å²) in [6, 6.07) is 15.0. The van der Waals surface area contributed by atoms with Crippen LogP contribution in [-0.4, -0.2) is 47.3 Å². The van der Waals surface area contributed by atoms with Crippen LogP contribution in [-0.2, 0) is 4.74 Å². The fraction of sp³-hybridized carbons (Fsp3) is 0.190. The Hall–Kier alpha value is -3.45. The van der Waals surface area contributed by atoms with E-state index in [0.717, 1.165) is 5.56 Å². The third-order valence-corrected chi connectivity index (χ3v) is 4.80. The zero-order valence-electron chi connectivity index (χ0n) is 15.0. The van der Waals surface area contributed by atoms with Gasteiger partial charge in [0.1, 0.15) is 11.4 Å². The van der Waals surface area contributed by atoms with Crippen molar-refractivity contribution in [3.8, 4) is 22.7 Å². The van der Waals surface area contributed by atoms with Crippen LogP contribution < -0.4 is 0 Å². The summed E-state index contributed by atoms with van der Waals surface area (Å²) in [5.74, 6) is 0.472. The number of rotatable bonds is 3. The fourth-order valence-electron chi connectivity index (χ4n) is 3.40. The zero-order chi connectivity index (χ0) is 18.9. The van der Waals surface area contributed by atoms with Gasteiger partial charge in [-0.25, -0.2) is 4.98 Å². The minimum Gasteiger partial charge on any atom is -0.463 e. The molecule has 7 heteroatoms. The lowest BCUT2D eigenvalue weighted by molar-refractivity contribution is 0.0304. The quantitative estimate of drug-likeness (QED) is 0.544. The summed E-state index contributed by atoms with van der Waals surface area (Å²) in [6.45, 7) is 2.15. The number of morpholine rings is 1. The van der Waals surface area contributed by atoms with E-state index in [9.17, 15) is 4.79 Å². The third kappa shape index (κ3) is 2.86. The molecule has 1 amide bonds. The van der Waals surface area contributed by atoms with Gasteiger partial charge in [-0.05, 0) is 18.2 Å². The SMILES string of the molecule is O=C(c1cc(-c2ccco2)nc2onc(-c3ccccc3)c12)N1CCOCC1. The summed E-state index contributed by atoms with van der Waals surface area (Å²) in [7, 11) is 0. The standard InChI is InChI=1S/C21H17N3O4/c25-21(24-8-11-26-12-9-24)15-13-16(17-7-4-10-27-17)22-20-18(15)19(23-28-20)14-5-2-1-3-6-14/h1-7,10,13H,8-9,11-12H2. The molecule has 7 nitrogen and oxygen atoms in total. The highest BCUT2D eigenvalue weighted by atomic mass is 16.5. The number of nitrogens with zero attached hydrogens (tertiary/aromatic N) is 3. The van der Waals surface area contributed by atoms with Crippen LogP contribution in [0.25, 0.3) is 33.8 Å². The van der Waals surface area contributed by atoms with E-state index in [1.165, 1.54) is 0 Å². The van der Waals surface area contributed by atoms with Gasteiger partial charge < -0.3 is 18.6 Å². The molecule has 1 aromatic carbocycles. The van der Waals surface area contributed by atoms with Crippen LogP contribution in [0.3, 0.4) is 0 Å². The molecular weight excluding hydrogens is 358 g/mol. The number of carbonyl (C=O) groups excluding carboxylic acids is 1. The molecule has 0 unspecified atom stereocenters. The van der Waals surface area contributed by atoms with E-state index in [4.69, 9.17) is 13.7 Å². The molecule has 0 saturated carbocycles. The van der Waals surface area contributed by atoms with E-state index in [0.29, 0.717) is 60.1 Å². The Morgan fingerprint density at radius 3 is 2.61 bits per heavy atom. The minimum atomic E-state index is -0.0936. The highest BCUT2D eigenvalue weighted by Gasteiger charge is 2.26. The summed E-state index contributed by atoms with van der Waals surface area (Å²) in [5.41, 5.74) is 2.81. The summed E-state index contributed by atoms with van der Waals surface area (Å²) >= 11 is 0. The van der Waals surface area contributed by atoms with Crippen molar-refractivity contribution in [2.45, 2.75) is 0 Å². The van der Waals surface area contributed by atoms with Crippen molar-refractivity contribution in [3.05, 3.63) is 60.4 Å². The van der Waals surface area contributed by atoms with Crippen LogP contribution >= 0.6 is 0 Å². The molecule has 4 aromatic rings. The molecule has 0 aliphatic carbocycles. The van der Waals surface area contributed by atoms with Crippen LogP contribution in [0.1, 0.15) is 10.4 Å². The second-order valence-corrected chi connectivity index (χ2v) is 6.51. The van der Waals surface area contributed by atoms with Crippen LogP contribution in [0.2, 0.25) is 0 Å². The lowest BCUT2D eigenvalue weighted by atomic mass is 10.0. The summed E-state index contributed by atoms with van der Waals surface area (Å²) in [4.78, 5) is 19.7. The van der Waals surface area contributed by atoms with Crippen LogP contribution in [0.5, 0.6) is 0 Å². The van der Waals surface area contributed by atoms with E-state index < -0.39 is 0 Å². The average molecular weight is 375 g/mol. The fourth-order valence-corrected chi connectivity index (χ4v) is 3.40. The number of pyridine rings is 1. The number of hydrogen-bond donors (Lipinski definition) is 0. The van der Waals surface area contributed by atoms with Crippen molar-refractivity contribution in [3.63, 3.8) is 0 Å². The average Bonchev–Trinajstić information content (AvgIpc) is 3.44. The number of carbonyl (C=O) groups is 1. The van der Waals surface area contributed by atoms with Crippen LogP contribution in [0.4, 0.5) is 0 Å². The number of fused-ring (bicyclic) bond motifs is 1. The van der Waals surface area contributed by atoms with E-state index in [1.807, 2.05) is 30.3 Å². The number of ether oxygens (including phenoxy) is 1. The number of benzene rings is 1. The van der Waals surface area contributed by atoms with Crippen molar-refractivity contribution in [1.29, 1.82) is 0 Å². The van der Waals surface area contributed by atoms with Crippen molar-refractivity contribution >= 4 is 17.0 Å². The Labute approximate surface area is 160 Å². The first-order valence-corrected chi connectivity index (χ1v) is 9.08. The van der Waals surface area contributed by atoms with Crippen molar-refractivity contribution in [2.24, 2.45) is 0 Å². The van der Waals surface area contributed by atoms with Crippen molar-refractivity contribution in [1.82, 2.24) is 15.0 Å². The molecule has 0 spiro atoms. The summed E-state index contributed by atoms with van der Waals surface area (Å²) < 4.78 is 16.4. The topological polar surface area (TPSA) is 81.6 Å². The Morgan fingerprint density at radius 2 is 1.86 bits per heavy atom. The number of furan rings is 1. The largest absolute Gasteiger partial charge is 0.463 e. The molecule has 0 N–H and O–H groups in total. The van der Waals surface area contributed by atoms with E-state index in [1.54, 1.807) is 29.4 Å². The Morgan fingerprint density at radius 1 is 1.04 bits per heavy atom. The maximum absolute atomic E-state index is 13.4. The molecule has 3 aromatic heterocycles. The molecule has 1 aliphatic heterocycles. The molecule has 140 valence electrons. The third-order valence-electron chi connectivity index (χ3n) is 4.80. The maximum atomic E-state index is 13.4. The monoisotopic (exact) mass is 375 g/mol. The second-order valence-electron chi connectivity index (χ2n) is 6.51. The number of aromatic nitrogens is 2. The predicted molar refractivity (Wildman–Crippen MR) is 102 cm³/mol. The minimum absolute atomic E-state index is 0.0936. The van der Waals surface area contributed by atoms with Crippen molar-refractivity contribution in [2.75, 3.05) is 26.3 Å². The van der Waals surface area contributed by atoms with Crippen molar-refractivity contribution < 1.29 is 18.5 Å². The van der Waals surface area contributed by atoms with Gasteiger partial charge in [0, 0.05) is 18.7 Å². The van der Waals surface area contributed by atoms with E-state index >= 15 is 0 Å². The lowest BCUT2D eigenvalue weighted by Crippen LogP contribution is -2.40. The molecule has 5 rings (SSSR count). The molecule has 1 saturated heterocycles. The molecular formula is C21H17N3O4. The van der Waals surface area contributed by atoms with Gasteiger partial charge in [0.2, 0.25) is 0 Å². The second kappa shape index (κ2) is 6.94. The molecule has 4 heterocycles. The van der Waals surface area contributed by atoms with Gasteiger partial charge in [0.25, 0.3) is 11.6 Å². The first-order chi connectivity index (χ1) is 13.8. The highest BCUT2D eigenvalue weighted by Crippen LogP contribution is 2.33. The summed E-state index contributed by atoms with van der Waals surface area (Å²) in [5, 5.41) is 4.82. The Kier molecular flexibility index (Phi) is 4.14. The molecule has 0 radical (unpaired) electrons. The maximum Gasteiger partial charge on any atom is 0.259 e. The first kappa shape index (κ1) is 16.7. The number of hydrogen-bond acceptors (Lipinski definition) is 6. The van der Waals surface area contributed by atoms with Crippen LogP contribution in [0, 0.1) is 0 Å². The van der Waals surface area contributed by atoms with Gasteiger partial charge in [-0.3, -0.25) is 4.79 Å². The molecule has 28 heavy (non-hydrogen) atoms. The first-order valence-electron chi connectivity index (χ1n) is 9.08. The smallest absolute Gasteiger partial charge is 0.259 e. The highest BCUT2D eigenvalue weighted by molar-refractivity contribution is 6.10. The molecule has 1 fully saturated rings. The van der Waals surface area contributed by atoms with E-state index in [2.05, 4.69) is 10.1 Å². The normalized spacial score (nSPS) is 14.5. The molecule has 0 atom stereocenters. The molecule has 0 bridgehead atoms. The molecule has 1 aliphatic rings. The van der Waals surface area contributed by atoms with Gasteiger partial charge in [0.05, 0.1) is 30.4 Å². The Balaban J connectivity index is 1.71. The lowest BCUT2D eigenvalue weighted by Gasteiger charge is -2.27.